The van der Waals surface area contributed by atoms with Crippen LogP contribution in [0.2, 0.25) is 0 Å². The maximum atomic E-state index is 11.6. The third-order valence-electron chi connectivity index (χ3n) is 4.49. The maximum absolute atomic E-state index is 11.6. The van der Waals surface area contributed by atoms with Crippen molar-refractivity contribution < 1.29 is 19.8 Å². The van der Waals surface area contributed by atoms with Gasteiger partial charge in [-0.3, -0.25) is 4.79 Å². The fourth-order valence-electron chi connectivity index (χ4n) is 3.22. The maximum Gasteiger partial charge on any atom is 0.306 e. The summed E-state index contributed by atoms with van der Waals surface area (Å²) in [4.78, 5) is 13.8. The summed E-state index contributed by atoms with van der Waals surface area (Å²) in [6, 6.07) is 6.98. The average molecular weight is 349 g/mol. The summed E-state index contributed by atoms with van der Waals surface area (Å²) < 4.78 is 5.03. The number of aliphatic hydroxyl groups is 1. The van der Waals surface area contributed by atoms with Crippen LogP contribution in [0.1, 0.15) is 43.4 Å². The van der Waals surface area contributed by atoms with Crippen molar-refractivity contribution in [3.63, 3.8) is 0 Å². The van der Waals surface area contributed by atoms with Gasteiger partial charge >= 0.3 is 5.97 Å². The van der Waals surface area contributed by atoms with Crippen molar-refractivity contribution in [2.45, 2.75) is 32.3 Å². The molecule has 4 N–H and O–H groups in total. The third-order valence-corrected chi connectivity index (χ3v) is 4.49. The second-order valence-electron chi connectivity index (χ2n) is 6.40. The van der Waals surface area contributed by atoms with Crippen LogP contribution in [0.4, 0.5) is 0 Å². The van der Waals surface area contributed by atoms with Gasteiger partial charge in [-0.2, -0.15) is 0 Å². The summed E-state index contributed by atoms with van der Waals surface area (Å²) in [5.74, 6) is 0.176. The molecule has 1 heterocycles. The summed E-state index contributed by atoms with van der Waals surface area (Å²) in [5.41, 5.74) is 6.92. The van der Waals surface area contributed by atoms with Crippen molar-refractivity contribution in [3.05, 3.63) is 35.4 Å². The Morgan fingerprint density at radius 3 is 2.80 bits per heavy atom. The Kier molecular flexibility index (Phi) is 7.21. The van der Waals surface area contributed by atoms with Gasteiger partial charge in [-0.1, -0.05) is 29.4 Å². The molecule has 25 heavy (non-hydrogen) atoms. The molecule has 1 aromatic carbocycles. The molecule has 0 spiro atoms. The molecule has 0 aromatic heterocycles. The molecule has 0 radical (unpaired) electrons. The van der Waals surface area contributed by atoms with Crippen LogP contribution < -0.4 is 5.73 Å². The Hall–Kier alpha value is -2.12. The summed E-state index contributed by atoms with van der Waals surface area (Å²) in [7, 11) is 0. The Balaban J connectivity index is 1.89. The molecule has 0 amide bonds. The highest BCUT2D eigenvalue weighted by Gasteiger charge is 2.24. The molecule has 1 fully saturated rings. The van der Waals surface area contributed by atoms with Crippen LogP contribution in [0, 0.1) is 5.92 Å². The Labute approximate surface area is 148 Å². The summed E-state index contributed by atoms with van der Waals surface area (Å²) >= 11 is 0. The lowest BCUT2D eigenvalue weighted by atomic mass is 9.94. The lowest BCUT2D eigenvalue weighted by Crippen LogP contribution is -2.38. The van der Waals surface area contributed by atoms with Crippen molar-refractivity contribution in [2.75, 3.05) is 26.2 Å². The Bertz CT molecular complexity index is 588. The molecular weight excluding hydrogens is 322 g/mol. The second-order valence-corrected chi connectivity index (χ2v) is 6.40. The highest BCUT2D eigenvalue weighted by molar-refractivity contribution is 5.96. The number of hydrogen-bond donors (Lipinski definition) is 3. The minimum absolute atomic E-state index is 0.0406. The molecule has 2 rings (SSSR count). The van der Waals surface area contributed by atoms with E-state index in [1.54, 1.807) is 24.3 Å². The standard InChI is InChI=1S/C18H27N3O4/c1-2-25-17(23)10-13-4-3-9-21(11-13)12-16(22)14-5-7-15(8-6-14)18(19)20-24/h5-8,13,16,22,24H,2-4,9-12H2,1H3,(H2,19,20)/t13?,16-/m0/s1. The van der Waals surface area contributed by atoms with E-state index in [1.165, 1.54) is 0 Å². The first-order chi connectivity index (χ1) is 12.0. The first-order valence-electron chi connectivity index (χ1n) is 8.67. The van der Waals surface area contributed by atoms with Crippen LogP contribution in [0.25, 0.3) is 0 Å². The SMILES string of the molecule is CCOC(=O)CC1CCCN(C[C@H](O)c2ccc(/C(N)=N/O)cc2)C1. The molecule has 138 valence electrons. The van der Waals surface area contributed by atoms with Crippen molar-refractivity contribution in [2.24, 2.45) is 16.8 Å². The predicted molar refractivity (Wildman–Crippen MR) is 94.3 cm³/mol. The number of amidine groups is 1. The molecule has 1 aliphatic rings. The average Bonchev–Trinajstić information content (AvgIpc) is 2.61. The lowest BCUT2D eigenvalue weighted by Gasteiger charge is -2.33. The minimum atomic E-state index is -0.623. The van der Waals surface area contributed by atoms with Crippen molar-refractivity contribution >= 4 is 11.8 Å². The number of esters is 1. The number of nitrogens with two attached hydrogens (primary N) is 1. The Morgan fingerprint density at radius 2 is 2.16 bits per heavy atom. The third kappa shape index (κ3) is 5.72. The molecule has 1 aromatic rings. The van der Waals surface area contributed by atoms with Crippen molar-refractivity contribution in [3.8, 4) is 0 Å². The Morgan fingerprint density at radius 1 is 1.44 bits per heavy atom. The number of carbonyl (C=O) groups excluding carboxylic acids is 1. The van der Waals surface area contributed by atoms with Crippen LogP contribution >= 0.6 is 0 Å². The number of rotatable bonds is 7. The molecule has 1 aliphatic heterocycles. The van der Waals surface area contributed by atoms with Gasteiger partial charge in [0, 0.05) is 25.1 Å². The first kappa shape index (κ1) is 19.2. The number of hydrogen-bond acceptors (Lipinski definition) is 6. The molecule has 1 saturated heterocycles. The zero-order valence-corrected chi connectivity index (χ0v) is 14.6. The predicted octanol–water partition coefficient (Wildman–Crippen LogP) is 1.48. The normalized spacial score (nSPS) is 20.2. The number of carbonyl (C=O) groups is 1. The number of β-amino-alcohol motifs (C(OH)–C–C–N with tert-alkyl or cyclic N) is 1. The molecule has 0 bridgehead atoms. The zero-order chi connectivity index (χ0) is 18.2. The molecule has 7 nitrogen and oxygen atoms in total. The molecule has 0 saturated carbocycles. The molecule has 2 atom stereocenters. The van der Waals surface area contributed by atoms with Crippen LogP contribution in [0.15, 0.2) is 29.4 Å². The number of nitrogens with zero attached hydrogens (tertiary/aromatic N) is 2. The van der Waals surface area contributed by atoms with E-state index in [4.69, 9.17) is 15.7 Å². The van der Waals surface area contributed by atoms with Gasteiger partial charge in [-0.05, 0) is 37.8 Å². The van der Waals surface area contributed by atoms with Crippen LogP contribution in [-0.4, -0.2) is 53.3 Å². The number of ether oxygens (including phenoxy) is 1. The van der Waals surface area contributed by atoms with Gasteiger partial charge < -0.3 is 25.7 Å². The lowest BCUT2D eigenvalue weighted by molar-refractivity contribution is -0.144. The molecule has 1 unspecified atom stereocenters. The summed E-state index contributed by atoms with van der Waals surface area (Å²) in [6.45, 7) is 4.45. The largest absolute Gasteiger partial charge is 0.466 e. The van der Waals surface area contributed by atoms with E-state index in [2.05, 4.69) is 10.1 Å². The van der Waals surface area contributed by atoms with Crippen LogP contribution in [-0.2, 0) is 9.53 Å². The monoisotopic (exact) mass is 349 g/mol. The van der Waals surface area contributed by atoms with E-state index >= 15 is 0 Å². The van der Waals surface area contributed by atoms with Gasteiger partial charge in [-0.15, -0.1) is 0 Å². The summed E-state index contributed by atoms with van der Waals surface area (Å²) in [5, 5.41) is 22.1. The number of aliphatic hydroxyl groups excluding tert-OH is 1. The van der Waals surface area contributed by atoms with E-state index in [0.717, 1.165) is 31.5 Å². The van der Waals surface area contributed by atoms with Gasteiger partial charge in [0.25, 0.3) is 0 Å². The molecule has 0 aliphatic carbocycles. The van der Waals surface area contributed by atoms with E-state index in [0.29, 0.717) is 25.1 Å². The number of benzene rings is 1. The highest BCUT2D eigenvalue weighted by atomic mass is 16.5. The van der Waals surface area contributed by atoms with Crippen LogP contribution in [0.3, 0.4) is 0 Å². The zero-order valence-electron chi connectivity index (χ0n) is 14.6. The van der Waals surface area contributed by atoms with Crippen molar-refractivity contribution in [1.82, 2.24) is 4.90 Å². The van der Waals surface area contributed by atoms with Gasteiger partial charge in [-0.25, -0.2) is 0 Å². The first-order valence-corrected chi connectivity index (χ1v) is 8.67. The summed E-state index contributed by atoms with van der Waals surface area (Å²) in [6.07, 6.45) is 1.84. The topological polar surface area (TPSA) is 108 Å². The number of likely N-dealkylation sites (tertiary alicyclic amines) is 1. The van der Waals surface area contributed by atoms with Gasteiger partial charge in [0.05, 0.1) is 12.7 Å². The number of piperidine rings is 1. The second kappa shape index (κ2) is 9.39. The van der Waals surface area contributed by atoms with Gasteiger partial charge in [0.15, 0.2) is 5.84 Å². The van der Waals surface area contributed by atoms with Gasteiger partial charge in [0.1, 0.15) is 0 Å². The molecular formula is C18H27N3O4. The minimum Gasteiger partial charge on any atom is -0.466 e. The van der Waals surface area contributed by atoms with E-state index < -0.39 is 6.10 Å². The highest BCUT2D eigenvalue weighted by Crippen LogP contribution is 2.23. The van der Waals surface area contributed by atoms with E-state index in [-0.39, 0.29) is 17.7 Å². The fourth-order valence-corrected chi connectivity index (χ4v) is 3.22. The number of oxime groups is 1. The van der Waals surface area contributed by atoms with Crippen LogP contribution in [0.5, 0.6) is 0 Å². The quantitative estimate of drug-likeness (QED) is 0.226. The van der Waals surface area contributed by atoms with Gasteiger partial charge in [0.2, 0.25) is 0 Å². The van der Waals surface area contributed by atoms with E-state index in [1.807, 2.05) is 6.92 Å². The molecule has 7 heteroatoms. The smallest absolute Gasteiger partial charge is 0.306 e. The fraction of sp³-hybridized carbons (Fsp3) is 0.556. The van der Waals surface area contributed by atoms with Crippen molar-refractivity contribution in [1.29, 1.82) is 0 Å². The van der Waals surface area contributed by atoms with E-state index in [9.17, 15) is 9.90 Å².